The zero-order chi connectivity index (χ0) is 18.5. The van der Waals surface area contributed by atoms with Crippen LogP contribution in [0, 0.1) is 10.1 Å². The molecule has 1 aromatic carbocycles. The van der Waals surface area contributed by atoms with Gasteiger partial charge in [0.15, 0.2) is 0 Å². The molecule has 2 saturated carbocycles. The number of methoxy groups -OCH3 is 1. The topological polar surface area (TPSA) is 74.1 Å². The standard InChI is InChI=1S/C18H23BrN2O5/c1-20(17-8-18(9-17,11-24-2)25-10-17)14-6-13(19)16(7-15(14)21(22)23)26-12-4-3-5-12/h6-7,12H,3-5,8-11H2,1-2H3. The highest BCUT2D eigenvalue weighted by Gasteiger charge is 2.65. The number of hydrogen-bond donors (Lipinski definition) is 0. The average Bonchev–Trinajstić information content (AvgIpc) is 3.07. The third-order valence-electron chi connectivity index (χ3n) is 6.00. The van der Waals surface area contributed by atoms with Gasteiger partial charge in [-0.25, -0.2) is 0 Å². The number of anilines is 1. The first-order chi connectivity index (χ1) is 12.4. The molecule has 8 heteroatoms. The van der Waals surface area contributed by atoms with Gasteiger partial charge >= 0.3 is 0 Å². The first-order valence-corrected chi connectivity index (χ1v) is 9.69. The molecule has 0 atom stereocenters. The molecule has 142 valence electrons. The van der Waals surface area contributed by atoms with Crippen LogP contribution < -0.4 is 9.64 Å². The van der Waals surface area contributed by atoms with Crippen molar-refractivity contribution in [3.8, 4) is 5.75 Å². The molecular weight excluding hydrogens is 404 g/mol. The van der Waals surface area contributed by atoms with Crippen LogP contribution in [0.1, 0.15) is 32.1 Å². The number of nitrogens with zero attached hydrogens (tertiary/aromatic N) is 2. The molecule has 0 amide bonds. The maximum atomic E-state index is 11.7. The normalized spacial score (nSPS) is 29.8. The van der Waals surface area contributed by atoms with Crippen molar-refractivity contribution in [3.63, 3.8) is 0 Å². The Hall–Kier alpha value is -1.38. The Balaban J connectivity index is 1.61. The van der Waals surface area contributed by atoms with Crippen molar-refractivity contribution in [1.29, 1.82) is 0 Å². The van der Waals surface area contributed by atoms with Crippen molar-refractivity contribution in [2.75, 3.05) is 32.3 Å². The summed E-state index contributed by atoms with van der Waals surface area (Å²) in [5, 5.41) is 11.7. The van der Waals surface area contributed by atoms with E-state index >= 15 is 0 Å². The van der Waals surface area contributed by atoms with E-state index in [4.69, 9.17) is 14.2 Å². The van der Waals surface area contributed by atoms with Crippen LogP contribution in [0.15, 0.2) is 16.6 Å². The Bertz CT molecular complexity index is 731. The van der Waals surface area contributed by atoms with Crippen LogP contribution in [0.5, 0.6) is 5.75 Å². The molecule has 2 heterocycles. The maximum absolute atomic E-state index is 11.7. The minimum Gasteiger partial charge on any atom is -0.489 e. The first-order valence-electron chi connectivity index (χ1n) is 8.89. The lowest BCUT2D eigenvalue weighted by Crippen LogP contribution is -2.60. The monoisotopic (exact) mass is 426 g/mol. The second kappa shape index (κ2) is 6.35. The largest absolute Gasteiger partial charge is 0.489 e. The number of hydrogen-bond acceptors (Lipinski definition) is 6. The molecule has 0 unspecified atom stereocenters. The van der Waals surface area contributed by atoms with Gasteiger partial charge in [0, 0.05) is 27.0 Å². The SMILES string of the molecule is COCC12CC(N(C)c3cc(Br)c(OC4CCC4)cc3[N+](=O)[O-])(CO1)C2. The summed E-state index contributed by atoms with van der Waals surface area (Å²) in [5.41, 5.74) is 0.205. The highest BCUT2D eigenvalue weighted by atomic mass is 79.9. The molecule has 4 fully saturated rings. The van der Waals surface area contributed by atoms with Crippen LogP contribution in [0.2, 0.25) is 0 Å². The summed E-state index contributed by atoms with van der Waals surface area (Å²) in [5.74, 6) is 0.543. The van der Waals surface area contributed by atoms with Gasteiger partial charge in [0.2, 0.25) is 0 Å². The number of ether oxygens (including phenoxy) is 3. The average molecular weight is 427 g/mol. The lowest BCUT2D eigenvalue weighted by Gasteiger charge is -2.49. The predicted molar refractivity (Wildman–Crippen MR) is 100.0 cm³/mol. The van der Waals surface area contributed by atoms with Gasteiger partial charge in [-0.05, 0) is 41.3 Å². The van der Waals surface area contributed by atoms with Crippen LogP contribution in [0.3, 0.4) is 0 Å². The number of likely N-dealkylation sites (N-methyl/N-ethyl adjacent to an activating group) is 1. The molecule has 0 radical (unpaired) electrons. The Kier molecular flexibility index (Phi) is 4.40. The van der Waals surface area contributed by atoms with Gasteiger partial charge in [-0.15, -0.1) is 0 Å². The molecule has 0 spiro atoms. The molecule has 0 aromatic heterocycles. The third kappa shape index (κ3) is 2.78. The van der Waals surface area contributed by atoms with Crippen molar-refractivity contribution < 1.29 is 19.1 Å². The summed E-state index contributed by atoms with van der Waals surface area (Å²) >= 11 is 3.53. The van der Waals surface area contributed by atoms with Gasteiger partial charge in [-0.1, -0.05) is 0 Å². The van der Waals surface area contributed by atoms with E-state index in [1.54, 1.807) is 19.2 Å². The Morgan fingerprint density at radius 2 is 2.15 bits per heavy atom. The predicted octanol–water partition coefficient (Wildman–Crippen LogP) is 3.67. The van der Waals surface area contributed by atoms with Crippen LogP contribution in [0.25, 0.3) is 0 Å². The molecule has 2 saturated heterocycles. The van der Waals surface area contributed by atoms with Gasteiger partial charge in [0.25, 0.3) is 5.69 Å². The fraction of sp³-hybridized carbons (Fsp3) is 0.667. The number of nitro groups is 1. The zero-order valence-corrected chi connectivity index (χ0v) is 16.6. The van der Waals surface area contributed by atoms with Crippen LogP contribution in [-0.4, -0.2) is 49.5 Å². The lowest BCUT2D eigenvalue weighted by atomic mass is 9.67. The minimum absolute atomic E-state index is 0.0653. The van der Waals surface area contributed by atoms with E-state index in [0.717, 1.165) is 36.6 Å². The quantitative estimate of drug-likeness (QED) is 0.488. The second-order valence-corrected chi connectivity index (χ2v) is 8.60. The summed E-state index contributed by atoms with van der Waals surface area (Å²) in [6.07, 6.45) is 4.96. The molecule has 2 aliphatic carbocycles. The molecule has 2 aliphatic heterocycles. The Morgan fingerprint density at radius 1 is 1.42 bits per heavy atom. The molecule has 26 heavy (non-hydrogen) atoms. The van der Waals surface area contributed by atoms with E-state index in [0.29, 0.717) is 24.7 Å². The van der Waals surface area contributed by atoms with Gasteiger partial charge < -0.3 is 19.1 Å². The van der Waals surface area contributed by atoms with Gasteiger partial charge in [-0.2, -0.15) is 0 Å². The van der Waals surface area contributed by atoms with Gasteiger partial charge in [-0.3, -0.25) is 10.1 Å². The highest BCUT2D eigenvalue weighted by molar-refractivity contribution is 9.10. The fourth-order valence-corrected chi connectivity index (χ4v) is 4.77. The summed E-state index contributed by atoms with van der Waals surface area (Å²) in [6.45, 7) is 1.12. The molecular formula is C18H23BrN2O5. The van der Waals surface area contributed by atoms with Crippen molar-refractivity contribution in [2.24, 2.45) is 0 Å². The van der Waals surface area contributed by atoms with E-state index in [-0.39, 0.29) is 27.9 Å². The number of rotatable bonds is 7. The maximum Gasteiger partial charge on any atom is 0.296 e. The third-order valence-corrected chi connectivity index (χ3v) is 6.62. The molecule has 2 bridgehead atoms. The van der Waals surface area contributed by atoms with Crippen molar-refractivity contribution in [3.05, 3.63) is 26.7 Å². The molecule has 4 aliphatic rings. The zero-order valence-electron chi connectivity index (χ0n) is 15.0. The van der Waals surface area contributed by atoms with E-state index in [1.807, 2.05) is 11.9 Å². The van der Waals surface area contributed by atoms with E-state index in [2.05, 4.69) is 15.9 Å². The second-order valence-electron chi connectivity index (χ2n) is 7.74. The molecule has 0 N–H and O–H groups in total. The smallest absolute Gasteiger partial charge is 0.296 e. The van der Waals surface area contributed by atoms with Gasteiger partial charge in [0.05, 0.1) is 45.9 Å². The number of halogens is 1. The van der Waals surface area contributed by atoms with Crippen LogP contribution in [0.4, 0.5) is 11.4 Å². The summed E-state index contributed by atoms with van der Waals surface area (Å²) < 4.78 is 17.9. The summed E-state index contributed by atoms with van der Waals surface area (Å²) in [4.78, 5) is 13.4. The fourth-order valence-electron chi connectivity index (χ4n) is 4.34. The Morgan fingerprint density at radius 3 is 2.73 bits per heavy atom. The summed E-state index contributed by atoms with van der Waals surface area (Å²) in [7, 11) is 3.58. The van der Waals surface area contributed by atoms with Gasteiger partial charge in [0.1, 0.15) is 11.4 Å². The van der Waals surface area contributed by atoms with Crippen molar-refractivity contribution in [2.45, 2.75) is 49.3 Å². The molecule has 5 rings (SSSR count). The highest BCUT2D eigenvalue weighted by Crippen LogP contribution is 2.56. The van der Waals surface area contributed by atoms with E-state index < -0.39 is 0 Å². The minimum atomic E-state index is -0.334. The van der Waals surface area contributed by atoms with Crippen molar-refractivity contribution >= 4 is 27.3 Å². The number of fused-ring (bicyclic) bond motifs is 1. The molecule has 1 aromatic rings. The van der Waals surface area contributed by atoms with E-state index in [9.17, 15) is 10.1 Å². The van der Waals surface area contributed by atoms with Crippen LogP contribution >= 0.6 is 15.9 Å². The lowest BCUT2D eigenvalue weighted by molar-refractivity contribution is -0.384. The van der Waals surface area contributed by atoms with Crippen LogP contribution in [-0.2, 0) is 9.47 Å². The summed E-state index contributed by atoms with van der Waals surface area (Å²) in [6, 6.07) is 3.34. The van der Waals surface area contributed by atoms with E-state index in [1.165, 1.54) is 0 Å². The van der Waals surface area contributed by atoms with Crippen molar-refractivity contribution in [1.82, 2.24) is 0 Å². The number of nitro benzene ring substituents is 1. The first kappa shape index (κ1) is 18.0. The molecule has 7 nitrogen and oxygen atoms in total. The number of benzene rings is 1. The Labute approximate surface area is 160 Å².